The number of hydrogen-bond donors (Lipinski definition) is 1. The van der Waals surface area contributed by atoms with Gasteiger partial charge in [-0.1, -0.05) is 29.8 Å². The fourth-order valence-electron chi connectivity index (χ4n) is 2.88. The van der Waals surface area contributed by atoms with Gasteiger partial charge in [0.05, 0.1) is 17.6 Å². The molecular weight excluding hydrogens is 408 g/mol. The molecule has 142 valence electrons. The Morgan fingerprint density at radius 1 is 1.07 bits per heavy atom. The highest BCUT2D eigenvalue weighted by Gasteiger charge is 2.34. The number of benzene rings is 2. The summed E-state index contributed by atoms with van der Waals surface area (Å²) in [4.78, 5) is 35.1. The van der Waals surface area contributed by atoms with Gasteiger partial charge >= 0.3 is 0 Å². The van der Waals surface area contributed by atoms with Crippen LogP contribution in [0.2, 0.25) is 5.02 Å². The smallest absolute Gasteiger partial charge is 0.270 e. The summed E-state index contributed by atoms with van der Waals surface area (Å²) in [5, 5.41) is 3.12. The molecule has 1 fully saturated rings. The third-order valence-corrected chi connectivity index (χ3v) is 4.78. The molecule has 3 aromatic rings. The number of nitrogens with one attached hydrogen (secondary N) is 1. The molecule has 8 heteroatoms. The maximum Gasteiger partial charge on any atom is 0.270 e. The third-order valence-electron chi connectivity index (χ3n) is 4.24. The predicted molar refractivity (Wildman–Crippen MR) is 115 cm³/mol. The molecule has 0 saturated carbocycles. The summed E-state index contributed by atoms with van der Waals surface area (Å²) in [6.45, 7) is 0. The second-order valence-electron chi connectivity index (χ2n) is 6.15. The van der Waals surface area contributed by atoms with Crippen molar-refractivity contribution in [2.75, 3.05) is 4.90 Å². The zero-order valence-corrected chi connectivity index (χ0v) is 16.4. The molecule has 2 aromatic carbocycles. The van der Waals surface area contributed by atoms with Crippen molar-refractivity contribution in [3.63, 3.8) is 0 Å². The molecule has 1 aliphatic rings. The number of anilines is 1. The van der Waals surface area contributed by atoms with Gasteiger partial charge in [-0.05, 0) is 54.2 Å². The fourth-order valence-corrected chi connectivity index (χ4v) is 3.29. The molecule has 0 bridgehead atoms. The van der Waals surface area contributed by atoms with Crippen LogP contribution >= 0.6 is 23.8 Å². The zero-order chi connectivity index (χ0) is 20.4. The molecule has 6 nitrogen and oxygen atoms in total. The van der Waals surface area contributed by atoms with Crippen LogP contribution in [0.1, 0.15) is 5.56 Å². The van der Waals surface area contributed by atoms with Crippen molar-refractivity contribution in [2.45, 2.75) is 0 Å². The number of thiocarbonyl (C=S) groups is 1. The van der Waals surface area contributed by atoms with Crippen LogP contribution < -0.4 is 10.2 Å². The monoisotopic (exact) mass is 420 g/mol. The first-order valence-electron chi connectivity index (χ1n) is 8.56. The van der Waals surface area contributed by atoms with E-state index >= 15 is 0 Å². The Bertz CT molecular complexity index is 1150. The van der Waals surface area contributed by atoms with E-state index in [4.69, 9.17) is 23.8 Å². The summed E-state index contributed by atoms with van der Waals surface area (Å²) in [5.74, 6) is -1.05. The number of hydrogen-bond acceptors (Lipinski definition) is 5. The summed E-state index contributed by atoms with van der Waals surface area (Å²) in [6.07, 6.45) is 6.37. The standard InChI is InChI=1S/C21H13ClN4O2S/c22-15-4-6-16(7-5-15)26-20(28)17(19(27)25-21(26)29)11-13-2-1-3-14(10-13)18-12-23-8-9-24-18/h1-12H,(H,25,27,29)/b17-11-. The second-order valence-corrected chi connectivity index (χ2v) is 6.97. The molecule has 0 unspecified atom stereocenters. The quantitative estimate of drug-likeness (QED) is 0.398. The van der Waals surface area contributed by atoms with Crippen LogP contribution in [0, 0.1) is 0 Å². The highest BCUT2D eigenvalue weighted by Crippen LogP contribution is 2.24. The highest BCUT2D eigenvalue weighted by atomic mass is 35.5. The van der Waals surface area contributed by atoms with E-state index in [1.165, 1.54) is 11.0 Å². The lowest BCUT2D eigenvalue weighted by Crippen LogP contribution is -2.54. The Balaban J connectivity index is 1.71. The fraction of sp³-hybridized carbons (Fsp3) is 0. The van der Waals surface area contributed by atoms with Crippen LogP contribution in [0.3, 0.4) is 0 Å². The molecule has 1 aromatic heterocycles. The molecule has 0 aliphatic carbocycles. The number of aromatic nitrogens is 2. The summed E-state index contributed by atoms with van der Waals surface area (Å²) in [6, 6.07) is 14.0. The SMILES string of the molecule is O=C1NC(=S)N(c2ccc(Cl)cc2)C(=O)/C1=C\c1cccc(-c2cnccn2)c1. The summed E-state index contributed by atoms with van der Waals surface area (Å²) >= 11 is 11.1. The van der Waals surface area contributed by atoms with E-state index < -0.39 is 11.8 Å². The molecule has 0 radical (unpaired) electrons. The average molecular weight is 421 g/mol. The van der Waals surface area contributed by atoms with Crippen LogP contribution in [0.5, 0.6) is 0 Å². The van der Waals surface area contributed by atoms with Gasteiger partial charge in [-0.2, -0.15) is 0 Å². The number of halogens is 1. The molecule has 29 heavy (non-hydrogen) atoms. The second kappa shape index (κ2) is 7.90. The number of amides is 2. The van der Waals surface area contributed by atoms with Gasteiger partial charge in [0, 0.05) is 23.0 Å². The van der Waals surface area contributed by atoms with E-state index in [1.54, 1.807) is 48.9 Å². The van der Waals surface area contributed by atoms with Gasteiger partial charge in [-0.15, -0.1) is 0 Å². The minimum absolute atomic E-state index is 0.0211. The molecule has 0 spiro atoms. The lowest BCUT2D eigenvalue weighted by molar-refractivity contribution is -0.122. The maximum absolute atomic E-state index is 13.0. The molecule has 0 atom stereocenters. The average Bonchev–Trinajstić information content (AvgIpc) is 2.73. The van der Waals surface area contributed by atoms with Crippen LogP contribution in [0.4, 0.5) is 5.69 Å². The largest absolute Gasteiger partial charge is 0.298 e. The van der Waals surface area contributed by atoms with Crippen LogP contribution in [-0.4, -0.2) is 26.9 Å². The molecule has 4 rings (SSSR count). The van der Waals surface area contributed by atoms with Crippen LogP contribution in [0.15, 0.2) is 72.7 Å². The Morgan fingerprint density at radius 3 is 2.59 bits per heavy atom. The van der Waals surface area contributed by atoms with Crippen molar-refractivity contribution < 1.29 is 9.59 Å². The van der Waals surface area contributed by atoms with E-state index in [0.29, 0.717) is 22.0 Å². The normalized spacial score (nSPS) is 15.6. The Morgan fingerprint density at radius 2 is 1.86 bits per heavy atom. The lowest BCUT2D eigenvalue weighted by Gasteiger charge is -2.29. The van der Waals surface area contributed by atoms with Gasteiger partial charge in [-0.3, -0.25) is 29.8 Å². The summed E-state index contributed by atoms with van der Waals surface area (Å²) in [7, 11) is 0. The zero-order valence-electron chi connectivity index (χ0n) is 14.9. The van der Waals surface area contributed by atoms with E-state index in [0.717, 1.165) is 5.56 Å². The molecular formula is C21H13ClN4O2S. The first-order valence-corrected chi connectivity index (χ1v) is 9.35. The van der Waals surface area contributed by atoms with Crippen molar-refractivity contribution in [1.29, 1.82) is 0 Å². The minimum atomic E-state index is -0.546. The van der Waals surface area contributed by atoms with Gasteiger partial charge in [-0.25, -0.2) is 0 Å². The maximum atomic E-state index is 13.0. The Hall–Kier alpha value is -3.42. The minimum Gasteiger partial charge on any atom is -0.298 e. The van der Waals surface area contributed by atoms with E-state index in [9.17, 15) is 9.59 Å². The van der Waals surface area contributed by atoms with E-state index in [-0.39, 0.29) is 10.7 Å². The predicted octanol–water partition coefficient (Wildman–Crippen LogP) is 3.63. The van der Waals surface area contributed by atoms with Crippen LogP contribution in [-0.2, 0) is 9.59 Å². The van der Waals surface area contributed by atoms with Gasteiger partial charge in [0.2, 0.25) is 0 Å². The van der Waals surface area contributed by atoms with E-state index in [2.05, 4.69) is 15.3 Å². The number of carbonyl (C=O) groups is 2. The molecule has 2 heterocycles. The van der Waals surface area contributed by atoms with Crippen LogP contribution in [0.25, 0.3) is 17.3 Å². The van der Waals surface area contributed by atoms with Crippen molar-refractivity contribution in [1.82, 2.24) is 15.3 Å². The van der Waals surface area contributed by atoms with Gasteiger partial charge in [0.1, 0.15) is 5.57 Å². The highest BCUT2D eigenvalue weighted by molar-refractivity contribution is 7.80. The van der Waals surface area contributed by atoms with Gasteiger partial charge in [0.15, 0.2) is 5.11 Å². The Labute approximate surface area is 176 Å². The first kappa shape index (κ1) is 18.9. The number of rotatable bonds is 3. The summed E-state index contributed by atoms with van der Waals surface area (Å²) in [5.41, 5.74) is 2.68. The number of nitrogens with zero attached hydrogens (tertiary/aromatic N) is 3. The lowest BCUT2D eigenvalue weighted by atomic mass is 10.0. The van der Waals surface area contributed by atoms with Gasteiger partial charge < -0.3 is 0 Å². The topological polar surface area (TPSA) is 75.2 Å². The molecule has 1 N–H and O–H groups in total. The Kier molecular flexibility index (Phi) is 5.16. The first-order chi connectivity index (χ1) is 14.0. The van der Waals surface area contributed by atoms with Gasteiger partial charge in [0.25, 0.3) is 11.8 Å². The van der Waals surface area contributed by atoms with Crippen molar-refractivity contribution in [3.8, 4) is 11.3 Å². The number of carbonyl (C=O) groups excluding carboxylic acids is 2. The molecule has 1 saturated heterocycles. The van der Waals surface area contributed by atoms with Crippen molar-refractivity contribution in [3.05, 3.63) is 83.3 Å². The molecule has 1 aliphatic heterocycles. The summed E-state index contributed by atoms with van der Waals surface area (Å²) < 4.78 is 0. The third kappa shape index (κ3) is 3.91. The van der Waals surface area contributed by atoms with Crippen molar-refractivity contribution in [2.24, 2.45) is 0 Å². The van der Waals surface area contributed by atoms with Crippen molar-refractivity contribution >= 4 is 52.5 Å². The molecule has 2 amide bonds. The van der Waals surface area contributed by atoms with E-state index in [1.807, 2.05) is 18.2 Å².